The average molecular weight is 864 g/mol. The number of benzene rings is 3. The van der Waals surface area contributed by atoms with Crippen LogP contribution < -0.4 is 30.1 Å². The van der Waals surface area contributed by atoms with E-state index in [1.165, 1.54) is 12.5 Å². The first-order chi connectivity index (χ1) is 29.8. The van der Waals surface area contributed by atoms with Crippen molar-refractivity contribution in [3.63, 3.8) is 0 Å². The number of sulfonamides is 1. The van der Waals surface area contributed by atoms with Gasteiger partial charge in [-0.25, -0.2) is 13.4 Å². The Kier molecular flexibility index (Phi) is 13.6. The molecular weight excluding hydrogens is 807 g/mol. The van der Waals surface area contributed by atoms with E-state index in [4.69, 9.17) is 14.5 Å². The van der Waals surface area contributed by atoms with E-state index in [0.717, 1.165) is 31.2 Å². The standard InChI is InChI=1S/C48H57N5O8S/c1-5-34-27-48(34,47(57)53-62(58,59)29-32-17-11-7-12-18-32)52-45(55)39-24-36(23-38(39)44(54)51-43(30(2)3)46(56)49-28-31-15-9-6-10-16-31)61-42-26-40(33-19-13-8-14-20-33)50-41-25-35(60-4)21-22-37(41)42/h5,7-8,11-14,17-22,25-26,30-31,34,36,38-39,43H,1,6,9-10,15-16,23-24,27-29H2,2-4H3,(H,49,56)(H,51,54)(H,52,55)(H,53,57)/t34?,36-,38+,39+,43-,48+/m0/s1. The van der Waals surface area contributed by atoms with Crippen LogP contribution in [0.15, 0.2) is 97.6 Å². The largest absolute Gasteiger partial charge is 0.497 e. The number of hydrogen-bond donors (Lipinski definition) is 4. The van der Waals surface area contributed by atoms with Gasteiger partial charge < -0.3 is 25.4 Å². The number of carbonyl (C=O) groups excluding carboxylic acids is 4. The van der Waals surface area contributed by atoms with Crippen LogP contribution in [0.4, 0.5) is 0 Å². The predicted molar refractivity (Wildman–Crippen MR) is 237 cm³/mol. The zero-order valence-corrected chi connectivity index (χ0v) is 36.4. The van der Waals surface area contributed by atoms with Gasteiger partial charge in [0.25, 0.3) is 5.91 Å². The molecule has 1 aromatic heterocycles. The number of nitrogens with zero attached hydrogens (tertiary/aromatic N) is 1. The summed E-state index contributed by atoms with van der Waals surface area (Å²) in [5, 5.41) is 9.62. The van der Waals surface area contributed by atoms with Crippen molar-refractivity contribution in [3.05, 3.63) is 103 Å². The lowest BCUT2D eigenvalue weighted by Gasteiger charge is -2.27. The average Bonchev–Trinajstić information content (AvgIpc) is 3.83. The van der Waals surface area contributed by atoms with Crippen LogP contribution in [0.1, 0.15) is 70.8 Å². The molecule has 0 radical (unpaired) electrons. The number of rotatable bonds is 17. The molecule has 0 saturated heterocycles. The first-order valence-corrected chi connectivity index (χ1v) is 23.3. The number of hydrogen-bond acceptors (Lipinski definition) is 9. The molecule has 6 atom stereocenters. The van der Waals surface area contributed by atoms with E-state index in [-0.39, 0.29) is 31.1 Å². The summed E-state index contributed by atoms with van der Waals surface area (Å²) in [6, 6.07) is 24.6. The van der Waals surface area contributed by atoms with Gasteiger partial charge in [0.15, 0.2) is 0 Å². The number of nitrogens with one attached hydrogen (secondary N) is 4. The van der Waals surface area contributed by atoms with Crippen LogP contribution in [0.3, 0.4) is 0 Å². The van der Waals surface area contributed by atoms with Crippen molar-refractivity contribution in [2.75, 3.05) is 13.7 Å². The summed E-state index contributed by atoms with van der Waals surface area (Å²) in [4.78, 5) is 61.4. The van der Waals surface area contributed by atoms with Gasteiger partial charge >= 0.3 is 0 Å². The maximum absolute atomic E-state index is 14.6. The lowest BCUT2D eigenvalue weighted by atomic mass is 9.89. The molecule has 1 heterocycles. The van der Waals surface area contributed by atoms with Crippen LogP contribution in [0.25, 0.3) is 22.2 Å². The fourth-order valence-electron chi connectivity index (χ4n) is 8.95. The topological polar surface area (TPSA) is 182 Å². The minimum absolute atomic E-state index is 0.0908. The molecule has 14 heteroatoms. The molecule has 0 bridgehead atoms. The molecule has 4 amide bonds. The fraction of sp³-hybridized carbons (Fsp3) is 0.438. The molecule has 0 aliphatic heterocycles. The number of methoxy groups -OCH3 is 1. The molecule has 328 valence electrons. The highest BCUT2D eigenvalue weighted by molar-refractivity contribution is 7.89. The van der Waals surface area contributed by atoms with E-state index in [2.05, 4.69) is 27.3 Å². The Balaban J connectivity index is 1.15. The van der Waals surface area contributed by atoms with Gasteiger partial charge in [0.05, 0.1) is 35.9 Å². The third-order valence-electron chi connectivity index (χ3n) is 12.6. The first-order valence-electron chi connectivity index (χ1n) is 21.6. The van der Waals surface area contributed by atoms with Crippen LogP contribution in [-0.4, -0.2) is 68.4 Å². The van der Waals surface area contributed by atoms with Crippen LogP contribution in [0.2, 0.25) is 0 Å². The summed E-state index contributed by atoms with van der Waals surface area (Å²) in [5.41, 5.74) is 1.04. The molecule has 4 N–H and O–H groups in total. The Bertz CT molecular complexity index is 2390. The van der Waals surface area contributed by atoms with Gasteiger partial charge in [-0.3, -0.25) is 23.9 Å². The lowest BCUT2D eigenvalue weighted by molar-refractivity contribution is -0.137. The Morgan fingerprint density at radius 2 is 1.58 bits per heavy atom. The van der Waals surface area contributed by atoms with Crippen molar-refractivity contribution in [3.8, 4) is 22.8 Å². The van der Waals surface area contributed by atoms with Crippen LogP contribution in [0, 0.1) is 29.6 Å². The van der Waals surface area contributed by atoms with E-state index in [1.807, 2.05) is 68.4 Å². The van der Waals surface area contributed by atoms with Crippen LogP contribution in [0.5, 0.6) is 11.5 Å². The lowest BCUT2D eigenvalue weighted by Crippen LogP contribution is -2.55. The van der Waals surface area contributed by atoms with E-state index in [1.54, 1.807) is 37.4 Å². The van der Waals surface area contributed by atoms with Gasteiger partial charge in [-0.2, -0.15) is 0 Å². The fourth-order valence-corrected chi connectivity index (χ4v) is 10.1. The number of pyridine rings is 1. The number of ether oxygens (including phenoxy) is 2. The van der Waals surface area contributed by atoms with Crippen molar-refractivity contribution in [1.82, 2.24) is 25.7 Å². The minimum atomic E-state index is -4.14. The smallest absolute Gasteiger partial charge is 0.259 e. The summed E-state index contributed by atoms with van der Waals surface area (Å²) in [7, 11) is -2.56. The maximum Gasteiger partial charge on any atom is 0.259 e. The summed E-state index contributed by atoms with van der Waals surface area (Å²) in [6.45, 7) is 8.09. The molecule has 62 heavy (non-hydrogen) atoms. The molecule has 3 aliphatic carbocycles. The number of fused-ring (bicyclic) bond motifs is 1. The van der Waals surface area contributed by atoms with Gasteiger partial charge in [-0.1, -0.05) is 99.8 Å². The van der Waals surface area contributed by atoms with Gasteiger partial charge in [-0.15, -0.1) is 6.58 Å². The van der Waals surface area contributed by atoms with Crippen molar-refractivity contribution < 1.29 is 37.1 Å². The van der Waals surface area contributed by atoms with Crippen molar-refractivity contribution in [1.29, 1.82) is 0 Å². The number of carbonyl (C=O) groups is 4. The normalized spacial score (nSPS) is 22.9. The molecule has 0 spiro atoms. The third kappa shape index (κ3) is 10.3. The second-order valence-electron chi connectivity index (χ2n) is 17.3. The summed E-state index contributed by atoms with van der Waals surface area (Å²) in [6.07, 6.45) is 6.78. The third-order valence-corrected chi connectivity index (χ3v) is 13.8. The monoisotopic (exact) mass is 863 g/mol. The highest BCUT2D eigenvalue weighted by atomic mass is 32.2. The van der Waals surface area contributed by atoms with E-state index in [0.29, 0.717) is 46.1 Å². The highest BCUT2D eigenvalue weighted by Crippen LogP contribution is 2.46. The Hall–Kier alpha value is -5.76. The SMILES string of the molecule is C=CC1C[C@]1(NC(=O)[C@@H]1C[C@@H](Oc2cc(-c3ccccc3)nc3cc(OC)ccc23)C[C@H]1C(=O)N[C@H](C(=O)NCC1CCCCC1)C(C)C)C(=O)NS(=O)(=O)Cc1ccccc1. The molecule has 3 aromatic carbocycles. The van der Waals surface area contributed by atoms with E-state index >= 15 is 0 Å². The van der Waals surface area contributed by atoms with Crippen molar-refractivity contribution in [2.24, 2.45) is 29.6 Å². The van der Waals surface area contributed by atoms with E-state index in [9.17, 15) is 27.6 Å². The van der Waals surface area contributed by atoms with E-state index < -0.39 is 68.9 Å². The Labute approximate surface area is 363 Å². The van der Waals surface area contributed by atoms with Gasteiger partial charge in [-0.05, 0) is 61.6 Å². The molecule has 1 unspecified atom stereocenters. The molecule has 7 rings (SSSR count). The number of amides is 4. The maximum atomic E-state index is 14.6. The van der Waals surface area contributed by atoms with Gasteiger partial charge in [0, 0.05) is 35.5 Å². The quantitative estimate of drug-likeness (QED) is 0.0896. The predicted octanol–water partition coefficient (Wildman–Crippen LogP) is 6.23. The number of aromatic nitrogens is 1. The Morgan fingerprint density at radius 3 is 2.23 bits per heavy atom. The van der Waals surface area contributed by atoms with Crippen molar-refractivity contribution in [2.45, 2.75) is 88.7 Å². The van der Waals surface area contributed by atoms with Gasteiger partial charge in [0.1, 0.15) is 29.2 Å². The van der Waals surface area contributed by atoms with Crippen molar-refractivity contribution >= 4 is 44.6 Å². The minimum Gasteiger partial charge on any atom is -0.497 e. The molecule has 13 nitrogen and oxygen atoms in total. The van der Waals surface area contributed by atoms with Crippen LogP contribution >= 0.6 is 0 Å². The molecule has 3 saturated carbocycles. The summed E-state index contributed by atoms with van der Waals surface area (Å²) >= 11 is 0. The van der Waals surface area contributed by atoms with Gasteiger partial charge in [0.2, 0.25) is 27.7 Å². The molecule has 4 aromatic rings. The van der Waals surface area contributed by atoms with Crippen LogP contribution in [-0.2, 0) is 35.0 Å². The summed E-state index contributed by atoms with van der Waals surface area (Å²) in [5.74, 6) is -3.94. The molecule has 3 aliphatic rings. The highest BCUT2D eigenvalue weighted by Gasteiger charge is 2.61. The first kappa shape index (κ1) is 44.3. The Morgan fingerprint density at radius 1 is 0.903 bits per heavy atom. The zero-order valence-electron chi connectivity index (χ0n) is 35.6. The second kappa shape index (κ2) is 19.1. The molecule has 3 fully saturated rings. The second-order valence-corrected chi connectivity index (χ2v) is 19.1. The zero-order chi connectivity index (χ0) is 44.0. The molecular formula is C48H57N5O8S. The summed E-state index contributed by atoms with van der Waals surface area (Å²) < 4.78 is 40.8.